The summed E-state index contributed by atoms with van der Waals surface area (Å²) in [5.74, 6) is 0. The van der Waals surface area contributed by atoms with E-state index < -0.39 is 0 Å². The molecule has 0 amide bonds. The Balaban J connectivity index is 1.92. The molecule has 3 heteroatoms. The van der Waals surface area contributed by atoms with Crippen molar-refractivity contribution in [3.05, 3.63) is 29.3 Å². The van der Waals surface area contributed by atoms with Crippen LogP contribution < -0.4 is 10.2 Å². The molecule has 1 aromatic rings. The Morgan fingerprint density at radius 2 is 2.19 bits per heavy atom. The minimum atomic E-state index is 0.397. The predicted molar refractivity (Wildman–Crippen MR) is 90.0 cm³/mol. The molecule has 1 aliphatic heterocycles. The van der Waals surface area contributed by atoms with Gasteiger partial charge in [0.15, 0.2) is 0 Å². The Morgan fingerprint density at radius 1 is 1.33 bits per heavy atom. The minimum absolute atomic E-state index is 0.397. The van der Waals surface area contributed by atoms with Gasteiger partial charge >= 0.3 is 0 Å². The Kier molecular flexibility index (Phi) is 6.52. The summed E-state index contributed by atoms with van der Waals surface area (Å²) >= 11 is 0. The van der Waals surface area contributed by atoms with Crippen molar-refractivity contribution in [1.29, 1.82) is 0 Å². The second kappa shape index (κ2) is 8.40. The highest BCUT2D eigenvalue weighted by Crippen LogP contribution is 2.22. The lowest BCUT2D eigenvalue weighted by atomic mass is 10.1. The van der Waals surface area contributed by atoms with Crippen LogP contribution >= 0.6 is 0 Å². The topological polar surface area (TPSA) is 24.5 Å². The summed E-state index contributed by atoms with van der Waals surface area (Å²) in [6.45, 7) is 8.37. The second-order valence-electron chi connectivity index (χ2n) is 6.17. The average molecular weight is 290 g/mol. The van der Waals surface area contributed by atoms with Gasteiger partial charge in [-0.05, 0) is 56.3 Å². The Bertz CT molecular complexity index is 427. The molecule has 118 valence electrons. The van der Waals surface area contributed by atoms with E-state index in [1.807, 2.05) is 0 Å². The van der Waals surface area contributed by atoms with Crippen molar-refractivity contribution in [3.63, 3.8) is 0 Å². The molecule has 0 saturated carbocycles. The first kappa shape index (κ1) is 16.3. The van der Waals surface area contributed by atoms with E-state index in [2.05, 4.69) is 49.3 Å². The van der Waals surface area contributed by atoms with Crippen LogP contribution in [0.25, 0.3) is 0 Å². The van der Waals surface area contributed by atoms with Gasteiger partial charge in [0.05, 0.1) is 6.10 Å². The van der Waals surface area contributed by atoms with E-state index in [4.69, 9.17) is 4.74 Å². The standard InChI is InChI=1S/C18H30N2O/c1-4-10-19-13-16-8-9-18(15(2)12-16)20(3)14-17-7-5-6-11-21-17/h8-9,12,17,19H,4-7,10-11,13-14H2,1-3H3. The van der Waals surface area contributed by atoms with Crippen molar-refractivity contribution in [1.82, 2.24) is 5.32 Å². The molecule has 1 atom stereocenters. The predicted octanol–water partition coefficient (Wildman–Crippen LogP) is 3.50. The largest absolute Gasteiger partial charge is 0.376 e. The third-order valence-electron chi connectivity index (χ3n) is 4.18. The SMILES string of the molecule is CCCNCc1ccc(N(C)CC2CCCCO2)c(C)c1. The number of benzene rings is 1. The van der Waals surface area contributed by atoms with Crippen LogP contribution in [0, 0.1) is 6.92 Å². The number of nitrogens with one attached hydrogen (secondary N) is 1. The van der Waals surface area contributed by atoms with E-state index in [9.17, 15) is 0 Å². The molecule has 3 nitrogen and oxygen atoms in total. The van der Waals surface area contributed by atoms with Gasteiger partial charge in [0.2, 0.25) is 0 Å². The van der Waals surface area contributed by atoms with Crippen LogP contribution in [0.4, 0.5) is 5.69 Å². The fourth-order valence-corrected chi connectivity index (χ4v) is 3.02. The summed E-state index contributed by atoms with van der Waals surface area (Å²) in [6.07, 6.45) is 5.30. The minimum Gasteiger partial charge on any atom is -0.376 e. The van der Waals surface area contributed by atoms with Crippen molar-refractivity contribution in [3.8, 4) is 0 Å². The molecule has 0 radical (unpaired) electrons. The maximum Gasteiger partial charge on any atom is 0.0749 e. The van der Waals surface area contributed by atoms with Crippen LogP contribution in [0.1, 0.15) is 43.7 Å². The van der Waals surface area contributed by atoms with Crippen LogP contribution in [0.2, 0.25) is 0 Å². The summed E-state index contributed by atoms with van der Waals surface area (Å²) in [5.41, 5.74) is 4.04. The van der Waals surface area contributed by atoms with E-state index >= 15 is 0 Å². The van der Waals surface area contributed by atoms with Crippen LogP contribution in [-0.4, -0.2) is 32.8 Å². The zero-order valence-electron chi connectivity index (χ0n) is 13.8. The number of hydrogen-bond acceptors (Lipinski definition) is 3. The third-order valence-corrected chi connectivity index (χ3v) is 4.18. The van der Waals surface area contributed by atoms with Crippen molar-refractivity contribution >= 4 is 5.69 Å². The molecule has 0 aromatic heterocycles. The lowest BCUT2D eigenvalue weighted by Crippen LogP contribution is -2.33. The van der Waals surface area contributed by atoms with Gasteiger partial charge in [-0.3, -0.25) is 0 Å². The summed E-state index contributed by atoms with van der Waals surface area (Å²) in [7, 11) is 2.18. The zero-order valence-corrected chi connectivity index (χ0v) is 13.8. The second-order valence-corrected chi connectivity index (χ2v) is 6.17. The average Bonchev–Trinajstić information content (AvgIpc) is 2.48. The Labute approximate surface area is 129 Å². The van der Waals surface area contributed by atoms with E-state index in [1.54, 1.807) is 0 Å². The quantitative estimate of drug-likeness (QED) is 0.778. The number of rotatable bonds is 7. The van der Waals surface area contributed by atoms with E-state index in [1.165, 1.54) is 42.5 Å². The fraction of sp³-hybridized carbons (Fsp3) is 0.667. The maximum absolute atomic E-state index is 5.85. The lowest BCUT2D eigenvalue weighted by molar-refractivity contribution is 0.0216. The van der Waals surface area contributed by atoms with Crippen molar-refractivity contribution in [2.24, 2.45) is 0 Å². The normalized spacial score (nSPS) is 18.7. The molecule has 2 rings (SSSR count). The van der Waals surface area contributed by atoms with Crippen LogP contribution in [0.3, 0.4) is 0 Å². The fourth-order valence-electron chi connectivity index (χ4n) is 3.02. The van der Waals surface area contributed by atoms with Gasteiger partial charge in [-0.1, -0.05) is 19.1 Å². The Hall–Kier alpha value is -1.06. The molecule has 0 bridgehead atoms. The molecule has 1 heterocycles. The highest BCUT2D eigenvalue weighted by atomic mass is 16.5. The molecule has 21 heavy (non-hydrogen) atoms. The molecule has 0 spiro atoms. The van der Waals surface area contributed by atoms with Crippen LogP contribution in [-0.2, 0) is 11.3 Å². The highest BCUT2D eigenvalue weighted by Gasteiger charge is 2.16. The molecule has 1 fully saturated rings. The first-order valence-corrected chi connectivity index (χ1v) is 8.33. The van der Waals surface area contributed by atoms with Gasteiger partial charge < -0.3 is 15.0 Å². The van der Waals surface area contributed by atoms with Gasteiger partial charge in [-0.25, -0.2) is 0 Å². The van der Waals surface area contributed by atoms with Gasteiger partial charge in [0.25, 0.3) is 0 Å². The molecule has 1 unspecified atom stereocenters. The molecule has 1 aliphatic rings. The van der Waals surface area contributed by atoms with Crippen molar-refractivity contribution < 1.29 is 4.74 Å². The Morgan fingerprint density at radius 3 is 2.86 bits per heavy atom. The van der Waals surface area contributed by atoms with Gasteiger partial charge in [0, 0.05) is 32.4 Å². The van der Waals surface area contributed by atoms with Crippen molar-refractivity contribution in [2.75, 3.05) is 31.6 Å². The molecule has 1 N–H and O–H groups in total. The van der Waals surface area contributed by atoms with Gasteiger partial charge in [0.1, 0.15) is 0 Å². The molecular weight excluding hydrogens is 260 g/mol. The number of aryl methyl sites for hydroxylation is 1. The highest BCUT2D eigenvalue weighted by molar-refractivity contribution is 5.54. The number of likely N-dealkylation sites (N-methyl/N-ethyl adjacent to an activating group) is 1. The number of anilines is 1. The number of hydrogen-bond donors (Lipinski definition) is 1. The summed E-state index contributed by atoms with van der Waals surface area (Å²) in [6, 6.07) is 6.79. The van der Waals surface area contributed by atoms with Crippen LogP contribution in [0.5, 0.6) is 0 Å². The summed E-state index contributed by atoms with van der Waals surface area (Å²) in [5, 5.41) is 3.46. The zero-order chi connectivity index (χ0) is 15.1. The van der Waals surface area contributed by atoms with Crippen LogP contribution in [0.15, 0.2) is 18.2 Å². The van der Waals surface area contributed by atoms with E-state index in [0.717, 1.165) is 26.2 Å². The first-order chi connectivity index (χ1) is 10.2. The van der Waals surface area contributed by atoms with Crippen molar-refractivity contribution in [2.45, 2.75) is 52.2 Å². The van der Waals surface area contributed by atoms with Gasteiger partial charge in [-0.2, -0.15) is 0 Å². The van der Waals surface area contributed by atoms with E-state index in [0.29, 0.717) is 6.10 Å². The first-order valence-electron chi connectivity index (χ1n) is 8.33. The number of nitrogens with zero attached hydrogens (tertiary/aromatic N) is 1. The smallest absolute Gasteiger partial charge is 0.0749 e. The monoisotopic (exact) mass is 290 g/mol. The molecular formula is C18H30N2O. The summed E-state index contributed by atoms with van der Waals surface area (Å²) < 4.78 is 5.85. The third kappa shape index (κ3) is 5.01. The molecule has 1 saturated heterocycles. The maximum atomic E-state index is 5.85. The molecule has 0 aliphatic carbocycles. The van der Waals surface area contributed by atoms with E-state index in [-0.39, 0.29) is 0 Å². The number of ether oxygens (including phenoxy) is 1. The van der Waals surface area contributed by atoms with Gasteiger partial charge in [-0.15, -0.1) is 0 Å². The summed E-state index contributed by atoms with van der Waals surface area (Å²) in [4.78, 5) is 2.34. The molecule has 1 aromatic carbocycles. The lowest BCUT2D eigenvalue weighted by Gasteiger charge is -2.29.